The first kappa shape index (κ1) is 24.3. The number of esters is 1. The number of amides is 1. The summed E-state index contributed by atoms with van der Waals surface area (Å²) in [5.41, 5.74) is 9.47. The highest BCUT2D eigenvalue weighted by Gasteiger charge is 2.26. The van der Waals surface area contributed by atoms with E-state index in [4.69, 9.17) is 10.5 Å². The van der Waals surface area contributed by atoms with E-state index in [0.29, 0.717) is 5.39 Å². The van der Waals surface area contributed by atoms with E-state index in [0.717, 1.165) is 27.5 Å². The second-order valence-corrected chi connectivity index (χ2v) is 7.69. The summed E-state index contributed by atoms with van der Waals surface area (Å²) >= 11 is 0. The molecule has 4 aromatic rings. The van der Waals surface area contributed by atoms with Crippen molar-refractivity contribution in [2.45, 2.75) is 31.8 Å². The smallest absolute Gasteiger partial charge is 0.328 e. The highest BCUT2D eigenvalue weighted by atomic mass is 35.5. The van der Waals surface area contributed by atoms with Crippen molar-refractivity contribution in [3.05, 3.63) is 71.8 Å². The lowest BCUT2D eigenvalue weighted by Crippen LogP contribution is -2.50. The van der Waals surface area contributed by atoms with E-state index in [2.05, 4.69) is 15.3 Å². The fourth-order valence-electron chi connectivity index (χ4n) is 3.88. The van der Waals surface area contributed by atoms with Crippen molar-refractivity contribution in [2.75, 3.05) is 6.61 Å². The Kier molecular flexibility index (Phi) is 7.73. The van der Waals surface area contributed by atoms with E-state index in [9.17, 15) is 14.0 Å². The number of halogens is 2. The largest absolute Gasteiger partial charge is 0.464 e. The van der Waals surface area contributed by atoms with Gasteiger partial charge in [0, 0.05) is 40.6 Å². The molecule has 2 aromatic heterocycles. The summed E-state index contributed by atoms with van der Waals surface area (Å²) < 4.78 is 18.8. The Morgan fingerprint density at radius 2 is 1.70 bits per heavy atom. The van der Waals surface area contributed by atoms with Crippen LogP contribution in [0.5, 0.6) is 0 Å². The Balaban J connectivity index is 0.00000306. The quantitative estimate of drug-likeness (QED) is 0.294. The van der Waals surface area contributed by atoms with E-state index < -0.39 is 24.0 Å². The Morgan fingerprint density at radius 3 is 2.42 bits per heavy atom. The number of nitrogens with one attached hydrogen (secondary N) is 3. The van der Waals surface area contributed by atoms with Gasteiger partial charge in [0.05, 0.1) is 12.6 Å². The van der Waals surface area contributed by atoms with Gasteiger partial charge in [-0.05, 0) is 48.7 Å². The molecule has 0 saturated heterocycles. The minimum Gasteiger partial charge on any atom is -0.464 e. The van der Waals surface area contributed by atoms with Crippen molar-refractivity contribution in [3.63, 3.8) is 0 Å². The molecule has 0 spiro atoms. The molecule has 33 heavy (non-hydrogen) atoms. The minimum absolute atomic E-state index is 0. The Bertz CT molecular complexity index is 1270. The zero-order chi connectivity index (χ0) is 22.7. The summed E-state index contributed by atoms with van der Waals surface area (Å²) in [6.07, 6.45) is 3.99. The van der Waals surface area contributed by atoms with Crippen molar-refractivity contribution in [1.82, 2.24) is 15.3 Å². The fraction of sp³-hybridized carbons (Fsp3) is 0.250. The van der Waals surface area contributed by atoms with Crippen LogP contribution in [0.15, 0.2) is 54.9 Å². The molecule has 2 atom stereocenters. The maximum absolute atomic E-state index is 13.6. The molecular weight excluding hydrogens is 447 g/mol. The van der Waals surface area contributed by atoms with Crippen LogP contribution in [-0.2, 0) is 27.2 Å². The van der Waals surface area contributed by atoms with Gasteiger partial charge in [0.15, 0.2) is 0 Å². The zero-order valence-electron chi connectivity index (χ0n) is 18.1. The highest BCUT2D eigenvalue weighted by Crippen LogP contribution is 2.21. The van der Waals surface area contributed by atoms with Crippen LogP contribution < -0.4 is 11.1 Å². The van der Waals surface area contributed by atoms with Gasteiger partial charge in [-0.2, -0.15) is 0 Å². The predicted octanol–water partition coefficient (Wildman–Crippen LogP) is 3.37. The molecule has 0 bridgehead atoms. The third-order valence-electron chi connectivity index (χ3n) is 5.49. The Labute approximate surface area is 196 Å². The lowest BCUT2D eigenvalue weighted by Gasteiger charge is -2.19. The first-order valence-corrected chi connectivity index (χ1v) is 10.5. The van der Waals surface area contributed by atoms with Crippen molar-refractivity contribution in [1.29, 1.82) is 0 Å². The first-order chi connectivity index (χ1) is 15.5. The number of aromatic nitrogens is 2. The predicted molar refractivity (Wildman–Crippen MR) is 128 cm³/mol. The summed E-state index contributed by atoms with van der Waals surface area (Å²) in [4.78, 5) is 31.6. The van der Waals surface area contributed by atoms with Crippen LogP contribution in [0.2, 0.25) is 0 Å². The number of hydrogen-bond acceptors (Lipinski definition) is 4. The van der Waals surface area contributed by atoms with Crippen molar-refractivity contribution in [2.24, 2.45) is 5.73 Å². The van der Waals surface area contributed by atoms with Crippen LogP contribution in [-0.4, -0.2) is 40.5 Å². The topological polar surface area (TPSA) is 113 Å². The first-order valence-electron chi connectivity index (χ1n) is 10.5. The number of aromatic amines is 2. The highest BCUT2D eigenvalue weighted by molar-refractivity contribution is 5.90. The van der Waals surface area contributed by atoms with Crippen LogP contribution in [0.25, 0.3) is 21.8 Å². The Morgan fingerprint density at radius 1 is 1.03 bits per heavy atom. The number of fused-ring (bicyclic) bond motifs is 2. The summed E-state index contributed by atoms with van der Waals surface area (Å²) in [6, 6.07) is 10.3. The molecule has 1 amide bonds. The SMILES string of the molecule is CCOC(=O)C(Cc1c[nH]c2ccccc12)NC(=O)C(N)Cc1c[nH]c2ccc(F)cc12.Cl. The van der Waals surface area contributed by atoms with Gasteiger partial charge in [-0.1, -0.05) is 18.2 Å². The van der Waals surface area contributed by atoms with Crippen LogP contribution in [0.1, 0.15) is 18.1 Å². The number of H-pyrrole nitrogens is 2. The van der Waals surface area contributed by atoms with Gasteiger partial charge >= 0.3 is 5.97 Å². The molecule has 2 unspecified atom stereocenters. The molecule has 7 nitrogen and oxygen atoms in total. The molecule has 9 heteroatoms. The molecule has 2 aromatic carbocycles. The second kappa shape index (κ2) is 10.5. The van der Waals surface area contributed by atoms with Crippen molar-refractivity contribution in [3.8, 4) is 0 Å². The maximum Gasteiger partial charge on any atom is 0.328 e. The van der Waals surface area contributed by atoms with Crippen LogP contribution >= 0.6 is 12.4 Å². The lowest BCUT2D eigenvalue weighted by atomic mass is 10.0. The number of ether oxygens (including phenoxy) is 1. The van der Waals surface area contributed by atoms with Crippen molar-refractivity contribution < 1.29 is 18.7 Å². The number of para-hydroxylation sites is 1. The van der Waals surface area contributed by atoms with E-state index in [-0.39, 0.29) is 37.7 Å². The maximum atomic E-state index is 13.6. The average Bonchev–Trinajstić information content (AvgIpc) is 3.37. The molecule has 4 rings (SSSR count). The van der Waals surface area contributed by atoms with Gasteiger partial charge in [0.1, 0.15) is 11.9 Å². The fourth-order valence-corrected chi connectivity index (χ4v) is 3.88. The number of benzene rings is 2. The van der Waals surface area contributed by atoms with Gasteiger partial charge in [-0.25, -0.2) is 9.18 Å². The number of carbonyl (C=O) groups is 2. The number of hydrogen-bond donors (Lipinski definition) is 4. The van der Waals surface area contributed by atoms with Crippen LogP contribution in [0.4, 0.5) is 4.39 Å². The molecule has 0 fully saturated rings. The summed E-state index contributed by atoms with van der Waals surface area (Å²) in [7, 11) is 0. The number of rotatable bonds is 8. The molecule has 0 radical (unpaired) electrons. The normalized spacial score (nSPS) is 12.8. The van der Waals surface area contributed by atoms with Gasteiger partial charge in [-0.15, -0.1) is 12.4 Å². The van der Waals surface area contributed by atoms with Gasteiger partial charge in [0.25, 0.3) is 0 Å². The molecule has 5 N–H and O–H groups in total. The van der Waals surface area contributed by atoms with E-state index in [1.807, 2.05) is 30.5 Å². The van der Waals surface area contributed by atoms with Crippen LogP contribution in [0.3, 0.4) is 0 Å². The number of carbonyl (C=O) groups excluding carboxylic acids is 2. The third-order valence-corrected chi connectivity index (χ3v) is 5.49. The van der Waals surface area contributed by atoms with Gasteiger partial charge in [0.2, 0.25) is 5.91 Å². The molecule has 2 heterocycles. The molecule has 0 aliphatic heterocycles. The van der Waals surface area contributed by atoms with E-state index in [1.165, 1.54) is 12.1 Å². The molecular formula is C24H26ClFN4O3. The summed E-state index contributed by atoms with van der Waals surface area (Å²) in [5, 5.41) is 4.39. The van der Waals surface area contributed by atoms with Crippen LogP contribution in [0, 0.1) is 5.82 Å². The standard InChI is InChI=1S/C24H25FN4O3.ClH/c1-2-32-24(31)22(10-15-13-27-20-6-4-3-5-17(15)20)29-23(30)19(26)9-14-12-28-21-8-7-16(25)11-18(14)21;/h3-8,11-13,19,22,27-28H,2,9-10,26H2,1H3,(H,29,30);1H. The minimum atomic E-state index is -0.919. The Hall–Kier alpha value is -3.36. The van der Waals surface area contributed by atoms with E-state index in [1.54, 1.807) is 19.2 Å². The monoisotopic (exact) mass is 472 g/mol. The van der Waals surface area contributed by atoms with Crippen molar-refractivity contribution >= 4 is 46.1 Å². The zero-order valence-corrected chi connectivity index (χ0v) is 18.9. The second-order valence-electron chi connectivity index (χ2n) is 7.69. The molecule has 0 saturated carbocycles. The summed E-state index contributed by atoms with van der Waals surface area (Å²) in [5.74, 6) is -1.36. The average molecular weight is 473 g/mol. The molecule has 0 aliphatic rings. The third kappa shape index (κ3) is 5.35. The van der Waals surface area contributed by atoms with E-state index >= 15 is 0 Å². The van der Waals surface area contributed by atoms with Gasteiger partial charge in [-0.3, -0.25) is 4.79 Å². The number of nitrogens with two attached hydrogens (primary N) is 1. The summed E-state index contributed by atoms with van der Waals surface area (Å²) in [6.45, 7) is 1.91. The van der Waals surface area contributed by atoms with Gasteiger partial charge < -0.3 is 25.8 Å². The molecule has 0 aliphatic carbocycles. The molecule has 174 valence electrons. The lowest BCUT2D eigenvalue weighted by molar-refractivity contribution is -0.147.